The SMILES string of the molecule is O=S(=O)(c1ccc(NC(=S)N2CCc3ccccc32)cc1)N1CCCC1. The Balaban J connectivity index is 1.47. The van der Waals surface area contributed by atoms with Gasteiger partial charge in [0, 0.05) is 31.0 Å². The van der Waals surface area contributed by atoms with Crippen molar-refractivity contribution in [3.8, 4) is 0 Å². The Morgan fingerprint density at radius 1 is 0.962 bits per heavy atom. The molecule has 2 heterocycles. The lowest BCUT2D eigenvalue weighted by Crippen LogP contribution is -2.33. The maximum atomic E-state index is 12.6. The second kappa shape index (κ2) is 6.98. The third-order valence-electron chi connectivity index (χ3n) is 4.94. The van der Waals surface area contributed by atoms with Crippen molar-refractivity contribution in [3.63, 3.8) is 0 Å². The molecule has 1 fully saturated rings. The molecule has 2 aromatic carbocycles. The maximum absolute atomic E-state index is 12.6. The molecule has 7 heteroatoms. The number of fused-ring (bicyclic) bond motifs is 1. The fourth-order valence-electron chi connectivity index (χ4n) is 3.53. The Kier molecular flexibility index (Phi) is 4.69. The minimum atomic E-state index is -3.38. The van der Waals surface area contributed by atoms with Gasteiger partial charge in [-0.25, -0.2) is 8.42 Å². The predicted molar refractivity (Wildman–Crippen MR) is 108 cm³/mol. The molecule has 5 nitrogen and oxygen atoms in total. The van der Waals surface area contributed by atoms with Gasteiger partial charge >= 0.3 is 0 Å². The van der Waals surface area contributed by atoms with Crippen molar-refractivity contribution in [3.05, 3.63) is 54.1 Å². The average Bonchev–Trinajstić information content (AvgIpc) is 3.32. The van der Waals surface area contributed by atoms with Crippen molar-refractivity contribution >= 4 is 38.7 Å². The van der Waals surface area contributed by atoms with Crippen LogP contribution in [-0.4, -0.2) is 37.5 Å². The summed E-state index contributed by atoms with van der Waals surface area (Å²) in [7, 11) is -3.38. The predicted octanol–water partition coefficient (Wildman–Crippen LogP) is 3.23. The molecule has 1 N–H and O–H groups in total. The Morgan fingerprint density at radius 2 is 1.65 bits per heavy atom. The zero-order chi connectivity index (χ0) is 18.1. The van der Waals surface area contributed by atoms with Crippen LogP contribution in [-0.2, 0) is 16.4 Å². The van der Waals surface area contributed by atoms with E-state index >= 15 is 0 Å². The van der Waals surface area contributed by atoms with Crippen molar-refractivity contribution in [1.82, 2.24) is 4.31 Å². The number of sulfonamides is 1. The first-order chi connectivity index (χ1) is 12.6. The molecule has 0 saturated carbocycles. The van der Waals surface area contributed by atoms with Crippen LogP contribution in [0.5, 0.6) is 0 Å². The molecule has 136 valence electrons. The molecule has 2 aliphatic rings. The van der Waals surface area contributed by atoms with Gasteiger partial charge in [0.05, 0.1) is 4.90 Å². The molecule has 0 spiro atoms. The Bertz CT molecular complexity index is 920. The summed E-state index contributed by atoms with van der Waals surface area (Å²) in [6.07, 6.45) is 2.85. The molecule has 2 aliphatic heterocycles. The molecule has 0 bridgehead atoms. The first kappa shape index (κ1) is 17.5. The standard InChI is InChI=1S/C19H21N3O2S2/c23-26(24,21-12-3-4-13-21)17-9-7-16(8-10-17)20-19(25)22-14-11-15-5-1-2-6-18(15)22/h1-2,5-10H,3-4,11-14H2,(H,20,25). The molecular formula is C19H21N3O2S2. The lowest BCUT2D eigenvalue weighted by molar-refractivity contribution is 0.477. The van der Waals surface area contributed by atoms with Gasteiger partial charge in [-0.3, -0.25) is 0 Å². The Morgan fingerprint density at radius 3 is 2.38 bits per heavy atom. The number of hydrogen-bond acceptors (Lipinski definition) is 3. The minimum Gasteiger partial charge on any atom is -0.332 e. The van der Waals surface area contributed by atoms with Gasteiger partial charge in [0.25, 0.3) is 0 Å². The largest absolute Gasteiger partial charge is 0.332 e. The highest BCUT2D eigenvalue weighted by Crippen LogP contribution is 2.28. The van der Waals surface area contributed by atoms with Gasteiger partial charge in [0.2, 0.25) is 10.0 Å². The van der Waals surface area contributed by atoms with Crippen LogP contribution in [0.15, 0.2) is 53.4 Å². The highest BCUT2D eigenvalue weighted by atomic mass is 32.2. The molecule has 0 atom stereocenters. The smallest absolute Gasteiger partial charge is 0.243 e. The summed E-state index contributed by atoms with van der Waals surface area (Å²) in [6, 6.07) is 15.1. The maximum Gasteiger partial charge on any atom is 0.243 e. The van der Waals surface area contributed by atoms with Gasteiger partial charge in [0.1, 0.15) is 0 Å². The molecule has 0 radical (unpaired) electrons. The fourth-order valence-corrected chi connectivity index (χ4v) is 5.35. The van der Waals surface area contributed by atoms with E-state index in [-0.39, 0.29) is 0 Å². The highest BCUT2D eigenvalue weighted by molar-refractivity contribution is 7.89. The summed E-state index contributed by atoms with van der Waals surface area (Å²) in [5, 5.41) is 3.85. The summed E-state index contributed by atoms with van der Waals surface area (Å²) in [4.78, 5) is 2.42. The number of rotatable bonds is 3. The van der Waals surface area contributed by atoms with Gasteiger partial charge in [-0.05, 0) is 67.4 Å². The van der Waals surface area contributed by atoms with Crippen LogP contribution < -0.4 is 10.2 Å². The first-order valence-electron chi connectivity index (χ1n) is 8.82. The van der Waals surface area contributed by atoms with Gasteiger partial charge < -0.3 is 10.2 Å². The monoisotopic (exact) mass is 387 g/mol. The van der Waals surface area contributed by atoms with Crippen LogP contribution in [0.2, 0.25) is 0 Å². The zero-order valence-corrected chi connectivity index (χ0v) is 16.0. The van der Waals surface area contributed by atoms with Crippen LogP contribution in [0.1, 0.15) is 18.4 Å². The van der Waals surface area contributed by atoms with E-state index in [2.05, 4.69) is 22.3 Å². The van der Waals surface area contributed by atoms with E-state index in [1.54, 1.807) is 28.6 Å². The van der Waals surface area contributed by atoms with E-state index in [1.807, 2.05) is 12.1 Å². The summed E-state index contributed by atoms with van der Waals surface area (Å²) in [5.74, 6) is 0. The number of para-hydroxylation sites is 1. The number of hydrogen-bond donors (Lipinski definition) is 1. The molecule has 0 unspecified atom stereocenters. The summed E-state index contributed by atoms with van der Waals surface area (Å²) in [6.45, 7) is 2.08. The molecule has 2 aromatic rings. The topological polar surface area (TPSA) is 52.7 Å². The molecular weight excluding hydrogens is 366 g/mol. The van der Waals surface area contributed by atoms with Crippen molar-refractivity contribution in [2.75, 3.05) is 29.9 Å². The fraction of sp³-hybridized carbons (Fsp3) is 0.316. The Hall–Kier alpha value is -1.96. The number of anilines is 2. The summed E-state index contributed by atoms with van der Waals surface area (Å²) >= 11 is 5.55. The van der Waals surface area contributed by atoms with E-state index in [9.17, 15) is 8.42 Å². The van der Waals surface area contributed by atoms with Gasteiger partial charge in [-0.1, -0.05) is 18.2 Å². The van der Waals surface area contributed by atoms with Gasteiger partial charge in [-0.2, -0.15) is 4.31 Å². The molecule has 0 aromatic heterocycles. The number of thiocarbonyl (C=S) groups is 1. The third kappa shape index (κ3) is 3.22. The van der Waals surface area contributed by atoms with E-state index in [4.69, 9.17) is 12.2 Å². The number of nitrogens with one attached hydrogen (secondary N) is 1. The molecule has 1 saturated heterocycles. The number of nitrogens with zero attached hydrogens (tertiary/aromatic N) is 2. The quantitative estimate of drug-likeness (QED) is 0.820. The molecule has 0 amide bonds. The zero-order valence-electron chi connectivity index (χ0n) is 14.4. The molecule has 4 rings (SSSR count). The highest BCUT2D eigenvalue weighted by Gasteiger charge is 2.27. The normalized spacial score (nSPS) is 17.3. The van der Waals surface area contributed by atoms with Crippen molar-refractivity contribution in [1.29, 1.82) is 0 Å². The van der Waals surface area contributed by atoms with Gasteiger partial charge in [0.15, 0.2) is 5.11 Å². The second-order valence-electron chi connectivity index (χ2n) is 6.60. The molecule has 0 aliphatic carbocycles. The van der Waals surface area contributed by atoms with Crippen LogP contribution >= 0.6 is 12.2 Å². The van der Waals surface area contributed by atoms with Crippen molar-refractivity contribution in [2.24, 2.45) is 0 Å². The third-order valence-corrected chi connectivity index (χ3v) is 7.18. The van der Waals surface area contributed by atoms with E-state index < -0.39 is 10.0 Å². The lowest BCUT2D eigenvalue weighted by atomic mass is 10.2. The number of benzene rings is 2. The molecule has 26 heavy (non-hydrogen) atoms. The summed E-state index contributed by atoms with van der Waals surface area (Å²) in [5.41, 5.74) is 3.22. The van der Waals surface area contributed by atoms with E-state index in [1.165, 1.54) is 5.56 Å². The van der Waals surface area contributed by atoms with E-state index in [0.717, 1.165) is 37.2 Å². The van der Waals surface area contributed by atoms with Crippen LogP contribution in [0.4, 0.5) is 11.4 Å². The van der Waals surface area contributed by atoms with Crippen molar-refractivity contribution in [2.45, 2.75) is 24.2 Å². The van der Waals surface area contributed by atoms with Crippen molar-refractivity contribution < 1.29 is 8.42 Å². The Labute approximate surface area is 159 Å². The summed E-state index contributed by atoms with van der Waals surface area (Å²) < 4.78 is 26.7. The van der Waals surface area contributed by atoms with Crippen LogP contribution in [0.25, 0.3) is 0 Å². The minimum absolute atomic E-state index is 0.336. The van der Waals surface area contributed by atoms with Crippen LogP contribution in [0, 0.1) is 0 Å². The first-order valence-corrected chi connectivity index (χ1v) is 10.7. The lowest BCUT2D eigenvalue weighted by Gasteiger charge is -2.21. The van der Waals surface area contributed by atoms with E-state index in [0.29, 0.717) is 23.1 Å². The average molecular weight is 388 g/mol. The van der Waals surface area contributed by atoms with Gasteiger partial charge in [-0.15, -0.1) is 0 Å². The second-order valence-corrected chi connectivity index (χ2v) is 8.92. The van der Waals surface area contributed by atoms with Crippen LogP contribution in [0.3, 0.4) is 0 Å².